The average Bonchev–Trinajstić information content (AvgIpc) is 3.14. The van der Waals surface area contributed by atoms with Crippen LogP contribution in [0.1, 0.15) is 29.3 Å². The van der Waals surface area contributed by atoms with Crippen LogP contribution in [0, 0.1) is 0 Å². The quantitative estimate of drug-likeness (QED) is 0.819. The van der Waals surface area contributed by atoms with Gasteiger partial charge in [0.25, 0.3) is 5.91 Å². The SMILES string of the molecule is CCOc1ncccc1CNC(=O)c1ccnc(OC2CCSC2)c1. The largest absolute Gasteiger partial charge is 0.478 e. The third-order valence-electron chi connectivity index (χ3n) is 3.74. The van der Waals surface area contributed by atoms with E-state index in [0.717, 1.165) is 23.5 Å². The number of aromatic nitrogens is 2. The first kappa shape index (κ1) is 17.5. The van der Waals surface area contributed by atoms with E-state index >= 15 is 0 Å². The van der Waals surface area contributed by atoms with Crippen LogP contribution in [0.2, 0.25) is 0 Å². The van der Waals surface area contributed by atoms with Crippen molar-refractivity contribution in [1.29, 1.82) is 0 Å². The molecule has 2 aromatic rings. The van der Waals surface area contributed by atoms with E-state index in [0.29, 0.717) is 30.5 Å². The van der Waals surface area contributed by atoms with Crippen molar-refractivity contribution in [3.63, 3.8) is 0 Å². The molecule has 1 aliphatic rings. The summed E-state index contributed by atoms with van der Waals surface area (Å²) in [5.74, 6) is 2.94. The normalized spacial score (nSPS) is 16.4. The van der Waals surface area contributed by atoms with E-state index in [4.69, 9.17) is 9.47 Å². The summed E-state index contributed by atoms with van der Waals surface area (Å²) >= 11 is 1.87. The van der Waals surface area contributed by atoms with Gasteiger partial charge in [0, 0.05) is 41.9 Å². The molecule has 1 fully saturated rings. The third kappa shape index (κ3) is 4.85. The molecule has 1 N–H and O–H groups in total. The minimum absolute atomic E-state index is 0.181. The van der Waals surface area contributed by atoms with Crippen LogP contribution in [0.5, 0.6) is 11.8 Å². The standard InChI is InChI=1S/C18H21N3O3S/c1-2-23-18-14(4-3-7-20-18)11-21-17(22)13-5-8-19-16(10-13)24-15-6-9-25-12-15/h3-5,7-8,10,15H,2,6,9,11-12H2,1H3,(H,21,22). The molecule has 1 aliphatic heterocycles. The molecule has 0 saturated carbocycles. The molecule has 0 radical (unpaired) electrons. The molecule has 3 heterocycles. The van der Waals surface area contributed by atoms with Crippen molar-refractivity contribution in [2.45, 2.75) is 26.0 Å². The zero-order chi connectivity index (χ0) is 17.5. The number of hydrogen-bond acceptors (Lipinski definition) is 6. The number of nitrogens with zero attached hydrogens (tertiary/aromatic N) is 2. The number of rotatable bonds is 7. The molecule has 1 amide bonds. The van der Waals surface area contributed by atoms with E-state index in [1.807, 2.05) is 30.8 Å². The van der Waals surface area contributed by atoms with Crippen LogP contribution in [0.25, 0.3) is 0 Å². The Balaban J connectivity index is 1.61. The van der Waals surface area contributed by atoms with Crippen LogP contribution >= 0.6 is 11.8 Å². The maximum Gasteiger partial charge on any atom is 0.251 e. The lowest BCUT2D eigenvalue weighted by Crippen LogP contribution is -2.23. The maximum absolute atomic E-state index is 12.4. The van der Waals surface area contributed by atoms with E-state index < -0.39 is 0 Å². The molecule has 0 aromatic carbocycles. The summed E-state index contributed by atoms with van der Waals surface area (Å²) in [5.41, 5.74) is 1.36. The Kier molecular flexibility index (Phi) is 6.11. The zero-order valence-corrected chi connectivity index (χ0v) is 14.9. The van der Waals surface area contributed by atoms with Crippen LogP contribution in [-0.4, -0.2) is 40.1 Å². The van der Waals surface area contributed by atoms with Crippen molar-refractivity contribution in [2.24, 2.45) is 0 Å². The highest BCUT2D eigenvalue weighted by Gasteiger charge is 2.18. The van der Waals surface area contributed by atoms with Gasteiger partial charge in [0.2, 0.25) is 11.8 Å². The van der Waals surface area contributed by atoms with Crippen molar-refractivity contribution in [1.82, 2.24) is 15.3 Å². The van der Waals surface area contributed by atoms with Gasteiger partial charge in [-0.05, 0) is 31.2 Å². The van der Waals surface area contributed by atoms with Gasteiger partial charge in [-0.15, -0.1) is 0 Å². The topological polar surface area (TPSA) is 73.3 Å². The fraction of sp³-hybridized carbons (Fsp3) is 0.389. The predicted molar refractivity (Wildman–Crippen MR) is 97.2 cm³/mol. The molecule has 3 rings (SSSR count). The summed E-state index contributed by atoms with van der Waals surface area (Å²) < 4.78 is 11.3. The molecule has 0 bridgehead atoms. The lowest BCUT2D eigenvalue weighted by atomic mass is 10.2. The van der Waals surface area contributed by atoms with Gasteiger partial charge in [-0.1, -0.05) is 6.07 Å². The van der Waals surface area contributed by atoms with Crippen molar-refractivity contribution in [3.8, 4) is 11.8 Å². The number of thioether (sulfide) groups is 1. The van der Waals surface area contributed by atoms with Crippen molar-refractivity contribution in [3.05, 3.63) is 47.8 Å². The fourth-order valence-corrected chi connectivity index (χ4v) is 3.59. The smallest absolute Gasteiger partial charge is 0.251 e. The maximum atomic E-state index is 12.4. The second kappa shape index (κ2) is 8.71. The molecule has 7 heteroatoms. The van der Waals surface area contributed by atoms with Gasteiger partial charge in [-0.3, -0.25) is 4.79 Å². The number of carbonyl (C=O) groups is 1. The number of ether oxygens (including phenoxy) is 2. The number of amides is 1. The summed E-state index contributed by atoms with van der Waals surface area (Å²) in [6.07, 6.45) is 4.47. The number of carbonyl (C=O) groups excluding carboxylic acids is 1. The molecular formula is C18H21N3O3S. The molecule has 1 unspecified atom stereocenters. The van der Waals surface area contributed by atoms with Crippen molar-refractivity contribution < 1.29 is 14.3 Å². The zero-order valence-electron chi connectivity index (χ0n) is 14.1. The summed E-state index contributed by atoms with van der Waals surface area (Å²) in [5, 5.41) is 2.89. The van der Waals surface area contributed by atoms with E-state index in [9.17, 15) is 4.79 Å². The monoisotopic (exact) mass is 359 g/mol. The molecule has 1 saturated heterocycles. The lowest BCUT2D eigenvalue weighted by molar-refractivity contribution is 0.0949. The molecule has 0 spiro atoms. The Labute approximate surface area is 151 Å². The number of hydrogen-bond donors (Lipinski definition) is 1. The Bertz CT molecular complexity index is 720. The first-order chi connectivity index (χ1) is 12.3. The number of nitrogens with one attached hydrogen (secondary N) is 1. The van der Waals surface area contributed by atoms with Gasteiger partial charge >= 0.3 is 0 Å². The van der Waals surface area contributed by atoms with Gasteiger partial charge in [0.1, 0.15) is 6.10 Å². The van der Waals surface area contributed by atoms with Crippen molar-refractivity contribution in [2.75, 3.05) is 18.1 Å². The van der Waals surface area contributed by atoms with Crippen LogP contribution < -0.4 is 14.8 Å². The Morgan fingerprint density at radius 3 is 3.08 bits per heavy atom. The minimum atomic E-state index is -0.181. The van der Waals surface area contributed by atoms with Crippen LogP contribution in [0.3, 0.4) is 0 Å². The number of pyridine rings is 2. The first-order valence-electron chi connectivity index (χ1n) is 8.31. The Morgan fingerprint density at radius 1 is 1.36 bits per heavy atom. The molecular weight excluding hydrogens is 338 g/mol. The van der Waals surface area contributed by atoms with Crippen molar-refractivity contribution >= 4 is 17.7 Å². The predicted octanol–water partition coefficient (Wildman–Crippen LogP) is 2.69. The highest BCUT2D eigenvalue weighted by Crippen LogP contribution is 2.22. The van der Waals surface area contributed by atoms with Gasteiger partial charge < -0.3 is 14.8 Å². The summed E-state index contributed by atoms with van der Waals surface area (Å²) in [4.78, 5) is 20.8. The lowest BCUT2D eigenvalue weighted by Gasteiger charge is -2.12. The van der Waals surface area contributed by atoms with Gasteiger partial charge in [0.15, 0.2) is 0 Å². The van der Waals surface area contributed by atoms with E-state index in [1.54, 1.807) is 24.5 Å². The molecule has 1 atom stereocenters. The van der Waals surface area contributed by atoms with Gasteiger partial charge in [-0.2, -0.15) is 11.8 Å². The first-order valence-corrected chi connectivity index (χ1v) is 9.47. The van der Waals surface area contributed by atoms with Crippen LogP contribution in [-0.2, 0) is 6.54 Å². The third-order valence-corrected chi connectivity index (χ3v) is 4.87. The molecule has 6 nitrogen and oxygen atoms in total. The fourth-order valence-electron chi connectivity index (χ4n) is 2.49. The average molecular weight is 359 g/mol. The van der Waals surface area contributed by atoms with Crippen LogP contribution in [0.4, 0.5) is 0 Å². The van der Waals surface area contributed by atoms with Gasteiger partial charge in [0.05, 0.1) is 6.61 Å². The molecule has 25 heavy (non-hydrogen) atoms. The molecule has 132 valence electrons. The minimum Gasteiger partial charge on any atom is -0.478 e. The molecule has 2 aromatic heterocycles. The summed E-state index contributed by atoms with van der Waals surface area (Å²) in [7, 11) is 0. The second-order valence-electron chi connectivity index (χ2n) is 5.57. The van der Waals surface area contributed by atoms with Gasteiger partial charge in [-0.25, -0.2) is 9.97 Å². The summed E-state index contributed by atoms with van der Waals surface area (Å²) in [6, 6.07) is 7.07. The second-order valence-corrected chi connectivity index (χ2v) is 6.72. The highest BCUT2D eigenvalue weighted by molar-refractivity contribution is 7.99. The van der Waals surface area contributed by atoms with E-state index in [-0.39, 0.29) is 12.0 Å². The summed E-state index contributed by atoms with van der Waals surface area (Å²) in [6.45, 7) is 2.78. The van der Waals surface area contributed by atoms with E-state index in [1.165, 1.54) is 0 Å². The van der Waals surface area contributed by atoms with Crippen LogP contribution in [0.15, 0.2) is 36.7 Å². The Hall–Kier alpha value is -2.28. The Morgan fingerprint density at radius 2 is 2.28 bits per heavy atom. The molecule has 0 aliphatic carbocycles. The highest BCUT2D eigenvalue weighted by atomic mass is 32.2. The van der Waals surface area contributed by atoms with E-state index in [2.05, 4.69) is 15.3 Å².